The highest BCUT2D eigenvalue weighted by atomic mass is 32.2. The number of anilines is 2. The summed E-state index contributed by atoms with van der Waals surface area (Å²) < 4.78 is 26.4. The normalized spacial score (nSPS) is 12.0. The van der Waals surface area contributed by atoms with Crippen LogP contribution in [0.25, 0.3) is 0 Å². The van der Waals surface area contributed by atoms with Gasteiger partial charge in [-0.2, -0.15) is 0 Å². The molecule has 2 aromatic carbocycles. The lowest BCUT2D eigenvalue weighted by atomic mass is 10.1. The van der Waals surface area contributed by atoms with Crippen LogP contribution in [0.15, 0.2) is 73.1 Å². The molecule has 1 heterocycles. The third kappa shape index (κ3) is 6.20. The van der Waals surface area contributed by atoms with E-state index in [0.717, 1.165) is 21.7 Å². The van der Waals surface area contributed by atoms with E-state index in [9.17, 15) is 18.0 Å². The summed E-state index contributed by atoms with van der Waals surface area (Å²) in [5.74, 6) is -0.896. The van der Waals surface area contributed by atoms with Gasteiger partial charge in [0.1, 0.15) is 6.04 Å². The van der Waals surface area contributed by atoms with Crippen molar-refractivity contribution in [1.29, 1.82) is 0 Å². The van der Waals surface area contributed by atoms with Gasteiger partial charge in [0.2, 0.25) is 15.9 Å². The van der Waals surface area contributed by atoms with E-state index in [1.807, 2.05) is 13.0 Å². The Morgan fingerprint density at radius 2 is 1.74 bits per heavy atom. The number of aryl methyl sites for hydroxylation is 1. The van der Waals surface area contributed by atoms with E-state index in [2.05, 4.69) is 15.6 Å². The fourth-order valence-electron chi connectivity index (χ4n) is 3.54. The smallest absolute Gasteiger partial charge is 0.253 e. The third-order valence-corrected chi connectivity index (χ3v) is 6.40. The fraction of sp³-hybridized carbons (Fsp3) is 0.240. The van der Waals surface area contributed by atoms with Gasteiger partial charge < -0.3 is 10.6 Å². The molecule has 1 aromatic heterocycles. The molecule has 0 saturated carbocycles. The van der Waals surface area contributed by atoms with E-state index in [4.69, 9.17) is 0 Å². The molecule has 0 aliphatic heterocycles. The van der Waals surface area contributed by atoms with Crippen LogP contribution in [0.5, 0.6) is 0 Å². The average Bonchev–Trinajstić information content (AvgIpc) is 2.82. The van der Waals surface area contributed by atoms with Gasteiger partial charge in [-0.25, -0.2) is 8.42 Å². The largest absolute Gasteiger partial charge is 0.348 e. The summed E-state index contributed by atoms with van der Waals surface area (Å²) in [7, 11) is -3.76. The molecule has 2 N–H and O–H groups in total. The molecule has 8 nitrogen and oxygen atoms in total. The molecule has 0 unspecified atom stereocenters. The molecule has 1 atom stereocenters. The van der Waals surface area contributed by atoms with Crippen molar-refractivity contribution in [3.8, 4) is 0 Å². The summed E-state index contributed by atoms with van der Waals surface area (Å²) in [5.41, 5.74) is 2.78. The van der Waals surface area contributed by atoms with Crippen molar-refractivity contribution < 1.29 is 18.0 Å². The van der Waals surface area contributed by atoms with Gasteiger partial charge in [0.15, 0.2) is 0 Å². The first-order valence-electron chi connectivity index (χ1n) is 10.8. The Kier molecular flexibility index (Phi) is 8.01. The number of aromatic nitrogens is 1. The molecule has 0 bridgehead atoms. The van der Waals surface area contributed by atoms with Crippen molar-refractivity contribution in [2.45, 2.75) is 32.9 Å². The van der Waals surface area contributed by atoms with Gasteiger partial charge in [0, 0.05) is 18.9 Å². The van der Waals surface area contributed by atoms with Gasteiger partial charge >= 0.3 is 0 Å². The maximum Gasteiger partial charge on any atom is 0.253 e. The van der Waals surface area contributed by atoms with Crippen LogP contribution in [-0.2, 0) is 21.4 Å². The quantitative estimate of drug-likeness (QED) is 0.487. The van der Waals surface area contributed by atoms with Gasteiger partial charge in [-0.1, -0.05) is 42.8 Å². The van der Waals surface area contributed by atoms with Crippen molar-refractivity contribution in [2.24, 2.45) is 0 Å². The van der Waals surface area contributed by atoms with Gasteiger partial charge in [-0.05, 0) is 49.2 Å². The Balaban J connectivity index is 1.83. The molecule has 178 valence electrons. The lowest BCUT2D eigenvalue weighted by Gasteiger charge is -2.30. The highest BCUT2D eigenvalue weighted by Gasteiger charge is 2.32. The Hall–Kier alpha value is -3.72. The van der Waals surface area contributed by atoms with Gasteiger partial charge in [-0.3, -0.25) is 18.9 Å². The molecular formula is C25H28N4O4S. The number of sulfonamides is 1. The van der Waals surface area contributed by atoms with E-state index >= 15 is 0 Å². The molecule has 0 aliphatic carbocycles. The number of carbonyl (C=O) groups is 2. The van der Waals surface area contributed by atoms with E-state index < -0.39 is 22.0 Å². The summed E-state index contributed by atoms with van der Waals surface area (Å²) >= 11 is 0. The van der Waals surface area contributed by atoms with E-state index in [1.54, 1.807) is 73.9 Å². The summed E-state index contributed by atoms with van der Waals surface area (Å²) in [4.78, 5) is 30.1. The Morgan fingerprint density at radius 3 is 2.35 bits per heavy atom. The van der Waals surface area contributed by atoms with Crippen LogP contribution in [0.1, 0.15) is 34.8 Å². The van der Waals surface area contributed by atoms with Crippen LogP contribution >= 0.6 is 0 Å². The number of rotatable bonds is 9. The Bertz CT molecular complexity index is 1250. The first-order valence-corrected chi connectivity index (χ1v) is 12.7. The first-order chi connectivity index (χ1) is 16.2. The van der Waals surface area contributed by atoms with Crippen molar-refractivity contribution in [2.75, 3.05) is 15.9 Å². The molecule has 0 spiro atoms. The maximum absolute atomic E-state index is 13.3. The summed E-state index contributed by atoms with van der Waals surface area (Å²) in [6.45, 7) is 3.92. The molecule has 3 aromatic rings. The van der Waals surface area contributed by atoms with Crippen molar-refractivity contribution in [1.82, 2.24) is 10.3 Å². The zero-order valence-electron chi connectivity index (χ0n) is 19.4. The molecule has 0 radical (unpaired) electrons. The molecule has 3 rings (SSSR count). The lowest BCUT2D eigenvalue weighted by Crippen LogP contribution is -2.47. The minimum Gasteiger partial charge on any atom is -0.348 e. The number of hydrogen-bond acceptors (Lipinski definition) is 5. The summed E-state index contributed by atoms with van der Waals surface area (Å²) in [6, 6.07) is 16.2. The molecule has 34 heavy (non-hydrogen) atoms. The van der Waals surface area contributed by atoms with Crippen LogP contribution < -0.4 is 14.9 Å². The van der Waals surface area contributed by atoms with Crippen molar-refractivity contribution in [3.05, 3.63) is 89.7 Å². The standard InChI is InChI=1S/C25H28N4O4S/c1-4-23(29(34(3,32)33)20-13-11-18(2)12-14-20)25(31)28-22-10-6-5-9-21(22)24(30)27-17-19-8-7-15-26-16-19/h5-16,23H,4,17H2,1-3H3,(H,27,30)(H,28,31)/t23-/m1/s1. The lowest BCUT2D eigenvalue weighted by molar-refractivity contribution is -0.117. The molecule has 9 heteroatoms. The number of benzene rings is 2. The fourth-order valence-corrected chi connectivity index (χ4v) is 4.75. The first kappa shape index (κ1) is 24.9. The van der Waals surface area contributed by atoms with E-state index in [1.165, 1.54) is 0 Å². The van der Waals surface area contributed by atoms with Gasteiger partial charge in [-0.15, -0.1) is 0 Å². The second-order valence-corrected chi connectivity index (χ2v) is 9.76. The van der Waals surface area contributed by atoms with E-state index in [-0.39, 0.29) is 24.4 Å². The van der Waals surface area contributed by atoms with Gasteiger partial charge in [0.25, 0.3) is 5.91 Å². The molecular weight excluding hydrogens is 452 g/mol. The van der Waals surface area contributed by atoms with Crippen LogP contribution in [0.4, 0.5) is 11.4 Å². The molecule has 0 aliphatic rings. The predicted molar refractivity (Wildman–Crippen MR) is 133 cm³/mol. The van der Waals surface area contributed by atoms with Crippen LogP contribution in [-0.4, -0.2) is 37.5 Å². The number of amides is 2. The molecule has 2 amide bonds. The molecule has 0 fully saturated rings. The summed E-state index contributed by atoms with van der Waals surface area (Å²) in [5, 5.41) is 5.57. The predicted octanol–water partition coefficient (Wildman–Crippen LogP) is 3.50. The number of hydrogen-bond donors (Lipinski definition) is 2. The zero-order chi connectivity index (χ0) is 24.7. The number of nitrogens with one attached hydrogen (secondary N) is 2. The Labute approximate surface area is 200 Å². The van der Waals surface area contributed by atoms with Crippen LogP contribution in [0, 0.1) is 6.92 Å². The van der Waals surface area contributed by atoms with Crippen molar-refractivity contribution in [3.63, 3.8) is 0 Å². The number of nitrogens with zero attached hydrogens (tertiary/aromatic N) is 2. The van der Waals surface area contributed by atoms with Gasteiger partial charge in [0.05, 0.1) is 23.2 Å². The second-order valence-electron chi connectivity index (χ2n) is 7.90. The average molecular weight is 481 g/mol. The highest BCUT2D eigenvalue weighted by molar-refractivity contribution is 7.92. The maximum atomic E-state index is 13.3. The van der Waals surface area contributed by atoms with E-state index in [0.29, 0.717) is 11.4 Å². The van der Waals surface area contributed by atoms with Crippen LogP contribution in [0.3, 0.4) is 0 Å². The third-order valence-electron chi connectivity index (χ3n) is 5.22. The minimum atomic E-state index is -3.76. The Morgan fingerprint density at radius 1 is 1.03 bits per heavy atom. The van der Waals surface area contributed by atoms with Crippen molar-refractivity contribution >= 4 is 33.2 Å². The zero-order valence-corrected chi connectivity index (χ0v) is 20.2. The SMILES string of the molecule is CC[C@H](C(=O)Nc1ccccc1C(=O)NCc1cccnc1)N(c1ccc(C)cc1)S(C)(=O)=O. The second kappa shape index (κ2) is 10.9. The minimum absolute atomic E-state index is 0.238. The summed E-state index contributed by atoms with van der Waals surface area (Å²) in [6.07, 6.45) is 4.62. The molecule has 0 saturated heterocycles. The topological polar surface area (TPSA) is 108 Å². The number of pyridine rings is 1. The van der Waals surface area contributed by atoms with Crippen LogP contribution in [0.2, 0.25) is 0 Å². The number of para-hydroxylation sites is 1. The highest BCUT2D eigenvalue weighted by Crippen LogP contribution is 2.24. The monoisotopic (exact) mass is 480 g/mol. The number of carbonyl (C=O) groups excluding carboxylic acids is 2.